The molecule has 2 amide bonds. The van der Waals surface area contributed by atoms with Crippen LogP contribution in [-0.2, 0) is 19.1 Å². The second kappa shape index (κ2) is 12.5. The van der Waals surface area contributed by atoms with Gasteiger partial charge in [-0.3, -0.25) is 9.59 Å². The lowest BCUT2D eigenvalue weighted by molar-refractivity contribution is -0.145. The molecule has 2 N–H and O–H groups in total. The second-order valence-corrected chi connectivity index (χ2v) is 7.31. The molecule has 0 aliphatic carbocycles. The predicted octanol–water partition coefficient (Wildman–Crippen LogP) is 3.12. The van der Waals surface area contributed by atoms with Crippen LogP contribution in [0.25, 0.3) is 0 Å². The minimum Gasteiger partial charge on any atom is -0.497 e. The molecular weight excluding hydrogens is 482 g/mol. The molecule has 0 saturated heterocycles. The highest BCUT2D eigenvalue weighted by Gasteiger charge is 2.21. The Kier molecular flexibility index (Phi) is 9.68. The summed E-state index contributed by atoms with van der Waals surface area (Å²) in [5.74, 6) is -1.32. The lowest BCUT2D eigenvalue weighted by Gasteiger charge is -2.11. The number of amides is 2. The fraction of sp³-hybridized carbons (Fsp3) is 0.273. The number of hydrazone groups is 1. The molecule has 0 spiro atoms. The summed E-state index contributed by atoms with van der Waals surface area (Å²) in [7, 11) is 1.55. The minimum absolute atomic E-state index is 0.202. The Morgan fingerprint density at radius 3 is 2.47 bits per heavy atom. The van der Waals surface area contributed by atoms with Gasteiger partial charge in [0.1, 0.15) is 17.4 Å². The molecule has 10 heteroatoms. The molecule has 0 saturated carbocycles. The number of ether oxygens (including phenoxy) is 3. The molecule has 0 aromatic heterocycles. The molecule has 32 heavy (non-hydrogen) atoms. The summed E-state index contributed by atoms with van der Waals surface area (Å²) in [5.41, 5.74) is 3.56. The highest BCUT2D eigenvalue weighted by Crippen LogP contribution is 2.25. The van der Waals surface area contributed by atoms with Crippen LogP contribution in [0.3, 0.4) is 0 Å². The van der Waals surface area contributed by atoms with Gasteiger partial charge in [0, 0.05) is 5.69 Å². The Morgan fingerprint density at radius 1 is 1.12 bits per heavy atom. The van der Waals surface area contributed by atoms with Crippen molar-refractivity contribution in [1.82, 2.24) is 5.43 Å². The van der Waals surface area contributed by atoms with Crippen LogP contribution in [-0.4, -0.2) is 44.3 Å². The third kappa shape index (κ3) is 7.69. The van der Waals surface area contributed by atoms with Crippen molar-refractivity contribution in [2.75, 3.05) is 25.6 Å². The molecule has 0 bridgehead atoms. The van der Waals surface area contributed by atoms with E-state index in [2.05, 4.69) is 31.8 Å². The number of esters is 1. The summed E-state index contributed by atoms with van der Waals surface area (Å²) in [4.78, 5) is 35.8. The van der Waals surface area contributed by atoms with Crippen molar-refractivity contribution in [2.24, 2.45) is 11.0 Å². The first-order valence-corrected chi connectivity index (χ1v) is 10.5. The van der Waals surface area contributed by atoms with Crippen molar-refractivity contribution in [1.29, 1.82) is 0 Å². The van der Waals surface area contributed by atoms with Crippen molar-refractivity contribution in [3.05, 3.63) is 52.5 Å². The summed E-state index contributed by atoms with van der Waals surface area (Å²) in [6, 6.07) is 11.8. The van der Waals surface area contributed by atoms with Gasteiger partial charge in [0.05, 0.1) is 24.4 Å². The number of nitrogens with one attached hydrogen (secondary N) is 2. The average Bonchev–Trinajstić information content (AvgIpc) is 2.78. The second-order valence-electron chi connectivity index (χ2n) is 6.46. The van der Waals surface area contributed by atoms with Crippen LogP contribution in [0.2, 0.25) is 0 Å². The molecule has 0 aliphatic heterocycles. The minimum atomic E-state index is -0.959. The zero-order valence-corrected chi connectivity index (χ0v) is 19.5. The molecule has 0 fully saturated rings. The molecule has 1 atom stereocenters. The van der Waals surface area contributed by atoms with Crippen LogP contribution in [0.1, 0.15) is 19.4 Å². The van der Waals surface area contributed by atoms with Crippen molar-refractivity contribution in [3.8, 4) is 11.5 Å². The van der Waals surface area contributed by atoms with Gasteiger partial charge in [-0.1, -0.05) is 0 Å². The smallest absolute Gasteiger partial charge is 0.344 e. The van der Waals surface area contributed by atoms with E-state index in [0.29, 0.717) is 27.2 Å². The van der Waals surface area contributed by atoms with Gasteiger partial charge in [0.15, 0.2) is 6.61 Å². The zero-order valence-electron chi connectivity index (χ0n) is 17.9. The van der Waals surface area contributed by atoms with E-state index in [9.17, 15) is 14.4 Å². The average molecular weight is 506 g/mol. The molecule has 0 radical (unpaired) electrons. The third-order valence-electron chi connectivity index (χ3n) is 4.14. The predicted molar refractivity (Wildman–Crippen MR) is 123 cm³/mol. The number of nitrogens with zero attached hydrogens (tertiary/aromatic N) is 1. The van der Waals surface area contributed by atoms with Crippen LogP contribution in [0.15, 0.2) is 52.0 Å². The number of anilines is 1. The number of carbonyl (C=O) groups is 3. The molecule has 1 unspecified atom stereocenters. The van der Waals surface area contributed by atoms with E-state index in [1.54, 1.807) is 56.5 Å². The van der Waals surface area contributed by atoms with E-state index in [0.717, 1.165) is 0 Å². The van der Waals surface area contributed by atoms with Crippen molar-refractivity contribution in [2.45, 2.75) is 13.8 Å². The summed E-state index contributed by atoms with van der Waals surface area (Å²) >= 11 is 3.35. The SMILES string of the molecule is CCOC(=O)COc1ccc(C=NNC(=O)C(C)C(=O)Nc2ccc(OC)cc2)cc1Br. The molecule has 2 aromatic rings. The van der Waals surface area contributed by atoms with Gasteiger partial charge in [0.2, 0.25) is 5.91 Å². The standard InChI is InChI=1S/C22H24BrN3O6/c1-4-31-20(27)13-32-19-10-5-15(11-18(19)23)12-24-26-22(29)14(2)21(28)25-16-6-8-17(30-3)9-7-16/h5-12,14H,4,13H2,1-3H3,(H,25,28)(H,26,29). The van der Waals surface area contributed by atoms with Crippen molar-refractivity contribution >= 4 is 45.6 Å². The largest absolute Gasteiger partial charge is 0.497 e. The number of carbonyl (C=O) groups excluding carboxylic acids is 3. The van der Waals surface area contributed by atoms with Gasteiger partial charge >= 0.3 is 5.97 Å². The van der Waals surface area contributed by atoms with Crippen LogP contribution >= 0.6 is 15.9 Å². The van der Waals surface area contributed by atoms with Gasteiger partial charge in [0.25, 0.3) is 5.91 Å². The van der Waals surface area contributed by atoms with Gasteiger partial charge < -0.3 is 19.5 Å². The Hall–Kier alpha value is -3.40. The van der Waals surface area contributed by atoms with Gasteiger partial charge in [-0.25, -0.2) is 10.2 Å². The maximum Gasteiger partial charge on any atom is 0.344 e. The quantitative estimate of drug-likeness (QED) is 0.222. The van der Waals surface area contributed by atoms with Crippen LogP contribution < -0.4 is 20.2 Å². The topological polar surface area (TPSA) is 115 Å². The summed E-state index contributed by atoms with van der Waals surface area (Å²) in [6.45, 7) is 3.28. The number of methoxy groups -OCH3 is 1. The van der Waals surface area contributed by atoms with Crippen molar-refractivity contribution in [3.63, 3.8) is 0 Å². The Labute approximate surface area is 194 Å². The first-order valence-electron chi connectivity index (χ1n) is 9.69. The van der Waals surface area contributed by atoms with E-state index >= 15 is 0 Å². The van der Waals surface area contributed by atoms with E-state index in [-0.39, 0.29) is 13.2 Å². The fourth-order valence-corrected chi connectivity index (χ4v) is 2.88. The highest BCUT2D eigenvalue weighted by atomic mass is 79.9. The number of halogens is 1. The Balaban J connectivity index is 1.86. The van der Waals surface area contributed by atoms with E-state index in [1.807, 2.05) is 0 Å². The summed E-state index contributed by atoms with van der Waals surface area (Å²) < 4.78 is 15.9. The molecule has 0 heterocycles. The maximum absolute atomic E-state index is 12.3. The zero-order chi connectivity index (χ0) is 23.5. The fourth-order valence-electron chi connectivity index (χ4n) is 2.36. The normalized spacial score (nSPS) is 11.5. The lowest BCUT2D eigenvalue weighted by atomic mass is 10.1. The number of hydrogen-bond acceptors (Lipinski definition) is 7. The maximum atomic E-state index is 12.3. The molecule has 0 aliphatic rings. The van der Waals surface area contributed by atoms with Crippen LogP contribution in [0.5, 0.6) is 11.5 Å². The first-order chi connectivity index (χ1) is 15.3. The monoisotopic (exact) mass is 505 g/mol. The number of rotatable bonds is 10. The Bertz CT molecular complexity index is 978. The molecular formula is C22H24BrN3O6. The summed E-state index contributed by atoms with van der Waals surface area (Å²) in [5, 5.41) is 6.55. The highest BCUT2D eigenvalue weighted by molar-refractivity contribution is 9.10. The van der Waals surface area contributed by atoms with Gasteiger partial charge in [-0.2, -0.15) is 5.10 Å². The number of benzene rings is 2. The molecule has 2 aromatic carbocycles. The van der Waals surface area contributed by atoms with Crippen LogP contribution in [0.4, 0.5) is 5.69 Å². The molecule has 2 rings (SSSR count). The van der Waals surface area contributed by atoms with E-state index in [1.165, 1.54) is 13.1 Å². The van der Waals surface area contributed by atoms with E-state index < -0.39 is 23.7 Å². The molecule has 170 valence electrons. The summed E-state index contributed by atoms with van der Waals surface area (Å²) in [6.07, 6.45) is 1.42. The molecule has 9 nitrogen and oxygen atoms in total. The number of hydrogen-bond donors (Lipinski definition) is 2. The first kappa shape index (κ1) is 24.9. The third-order valence-corrected chi connectivity index (χ3v) is 4.76. The lowest BCUT2D eigenvalue weighted by Crippen LogP contribution is -2.34. The van der Waals surface area contributed by atoms with E-state index in [4.69, 9.17) is 14.2 Å². The van der Waals surface area contributed by atoms with Crippen LogP contribution in [0, 0.1) is 5.92 Å². The van der Waals surface area contributed by atoms with Gasteiger partial charge in [-0.15, -0.1) is 0 Å². The van der Waals surface area contributed by atoms with Gasteiger partial charge in [-0.05, 0) is 77.8 Å². The van der Waals surface area contributed by atoms with Crippen molar-refractivity contribution < 1.29 is 28.6 Å². The Morgan fingerprint density at radius 2 is 1.84 bits per heavy atom.